The lowest BCUT2D eigenvalue weighted by molar-refractivity contribution is 0.369. The Morgan fingerprint density at radius 2 is 2.06 bits per heavy atom. The van der Waals surface area contributed by atoms with Gasteiger partial charge < -0.3 is 4.90 Å². The number of aromatic nitrogens is 1. The Bertz CT molecular complexity index is 450. The molecule has 1 aromatic rings. The maximum absolute atomic E-state index is 4.41. The van der Waals surface area contributed by atoms with E-state index in [1.807, 2.05) is 18.2 Å². The van der Waals surface area contributed by atoms with Gasteiger partial charge in [0.25, 0.3) is 0 Å². The first-order valence-corrected chi connectivity index (χ1v) is 5.90. The molecule has 0 amide bonds. The molecule has 1 saturated heterocycles. The molecule has 2 rings (SSSR count). The van der Waals surface area contributed by atoms with E-state index in [1.165, 1.54) is 5.57 Å². The zero-order valence-corrected chi connectivity index (χ0v) is 10.2. The molecule has 1 fully saturated rings. The molecule has 2 heterocycles. The summed E-state index contributed by atoms with van der Waals surface area (Å²) in [6.45, 7) is 14.0. The molecule has 0 atom stereocenters. The molecule has 2 heteroatoms. The third kappa shape index (κ3) is 2.47. The molecule has 88 valence electrons. The van der Waals surface area contributed by atoms with E-state index in [1.54, 1.807) is 6.20 Å². The van der Waals surface area contributed by atoms with Crippen LogP contribution in [0.4, 0.5) is 0 Å². The van der Waals surface area contributed by atoms with Crippen molar-refractivity contribution in [1.82, 2.24) is 9.88 Å². The number of pyridine rings is 1. The predicted molar refractivity (Wildman–Crippen MR) is 73.3 cm³/mol. The summed E-state index contributed by atoms with van der Waals surface area (Å²) in [5.41, 5.74) is 4.31. The van der Waals surface area contributed by atoms with E-state index in [2.05, 4.69) is 29.6 Å². The maximum Gasteiger partial charge on any atom is 0.0928 e. The van der Waals surface area contributed by atoms with Crippen molar-refractivity contribution < 1.29 is 0 Å². The number of piperidine rings is 1. The number of hydrogen-bond donors (Lipinski definition) is 0. The standard InChI is InChI=1S/C15H18N2/c1-4-14-6-5-9-16-15(14)13(3)17-10-7-12(2)8-11-17/h4-6,9H,1-3,7-8,10-11H2. The highest BCUT2D eigenvalue weighted by atomic mass is 15.1. The SMILES string of the molecule is C=Cc1cccnc1C(=C)N1CCC(=C)CC1. The highest BCUT2D eigenvalue weighted by Gasteiger charge is 2.17. The molecule has 0 radical (unpaired) electrons. The highest BCUT2D eigenvalue weighted by Crippen LogP contribution is 2.24. The Morgan fingerprint density at radius 1 is 1.35 bits per heavy atom. The third-order valence-corrected chi connectivity index (χ3v) is 3.18. The molecular formula is C15H18N2. The minimum atomic E-state index is 0.940. The Morgan fingerprint density at radius 3 is 2.71 bits per heavy atom. The van der Waals surface area contributed by atoms with Crippen LogP contribution in [0.15, 0.2) is 43.6 Å². The van der Waals surface area contributed by atoms with Gasteiger partial charge in [0.1, 0.15) is 0 Å². The molecule has 1 aliphatic rings. The van der Waals surface area contributed by atoms with E-state index in [9.17, 15) is 0 Å². The van der Waals surface area contributed by atoms with E-state index in [0.717, 1.165) is 42.9 Å². The smallest absolute Gasteiger partial charge is 0.0928 e. The fourth-order valence-corrected chi connectivity index (χ4v) is 2.07. The molecule has 0 saturated carbocycles. The zero-order valence-electron chi connectivity index (χ0n) is 10.2. The van der Waals surface area contributed by atoms with Gasteiger partial charge in [0.05, 0.1) is 11.4 Å². The van der Waals surface area contributed by atoms with Crippen LogP contribution < -0.4 is 0 Å². The monoisotopic (exact) mass is 226 g/mol. The number of rotatable bonds is 3. The molecular weight excluding hydrogens is 208 g/mol. The zero-order chi connectivity index (χ0) is 12.3. The molecule has 0 spiro atoms. The Balaban J connectivity index is 2.19. The summed E-state index contributed by atoms with van der Waals surface area (Å²) in [4.78, 5) is 6.69. The molecule has 1 aliphatic heterocycles. The van der Waals surface area contributed by atoms with Gasteiger partial charge >= 0.3 is 0 Å². The van der Waals surface area contributed by atoms with Crippen LogP contribution in [0.3, 0.4) is 0 Å². The minimum absolute atomic E-state index is 0.940. The van der Waals surface area contributed by atoms with Crippen molar-refractivity contribution in [2.45, 2.75) is 12.8 Å². The molecule has 0 aromatic carbocycles. The topological polar surface area (TPSA) is 16.1 Å². The van der Waals surface area contributed by atoms with Crippen LogP contribution in [-0.4, -0.2) is 23.0 Å². The van der Waals surface area contributed by atoms with Crippen LogP contribution in [0, 0.1) is 0 Å². The summed E-state index contributed by atoms with van der Waals surface area (Å²) in [6, 6.07) is 3.94. The summed E-state index contributed by atoms with van der Waals surface area (Å²) < 4.78 is 0. The fraction of sp³-hybridized carbons (Fsp3) is 0.267. The van der Waals surface area contributed by atoms with Crippen molar-refractivity contribution in [2.75, 3.05) is 13.1 Å². The van der Waals surface area contributed by atoms with Crippen molar-refractivity contribution in [3.63, 3.8) is 0 Å². The molecule has 17 heavy (non-hydrogen) atoms. The fourth-order valence-electron chi connectivity index (χ4n) is 2.07. The van der Waals surface area contributed by atoms with Crippen molar-refractivity contribution in [2.24, 2.45) is 0 Å². The molecule has 1 aromatic heterocycles. The van der Waals surface area contributed by atoms with Gasteiger partial charge in [0, 0.05) is 24.8 Å². The number of hydrogen-bond acceptors (Lipinski definition) is 2. The Labute approximate surface area is 103 Å². The molecule has 0 aliphatic carbocycles. The second-order valence-electron chi connectivity index (χ2n) is 4.33. The van der Waals surface area contributed by atoms with Gasteiger partial charge in [-0.25, -0.2) is 0 Å². The van der Waals surface area contributed by atoms with Gasteiger partial charge in [-0.1, -0.05) is 37.5 Å². The highest BCUT2D eigenvalue weighted by molar-refractivity contribution is 5.68. The van der Waals surface area contributed by atoms with Gasteiger partial charge in [-0.05, 0) is 18.9 Å². The molecule has 0 N–H and O–H groups in total. The third-order valence-electron chi connectivity index (χ3n) is 3.18. The largest absolute Gasteiger partial charge is 0.370 e. The van der Waals surface area contributed by atoms with Crippen LogP contribution >= 0.6 is 0 Å². The average Bonchev–Trinajstić information content (AvgIpc) is 2.39. The quantitative estimate of drug-likeness (QED) is 0.735. The first kappa shape index (κ1) is 11.6. The van der Waals surface area contributed by atoms with Gasteiger partial charge in [0.15, 0.2) is 0 Å². The van der Waals surface area contributed by atoms with Gasteiger partial charge in [-0.15, -0.1) is 0 Å². The summed E-state index contributed by atoms with van der Waals surface area (Å²) >= 11 is 0. The van der Waals surface area contributed by atoms with Gasteiger partial charge in [0.2, 0.25) is 0 Å². The van der Waals surface area contributed by atoms with Gasteiger partial charge in [-0.3, -0.25) is 4.98 Å². The van der Waals surface area contributed by atoms with Crippen molar-refractivity contribution in [1.29, 1.82) is 0 Å². The number of likely N-dealkylation sites (tertiary alicyclic amines) is 1. The van der Waals surface area contributed by atoms with Crippen LogP contribution in [0.2, 0.25) is 0 Å². The molecule has 0 unspecified atom stereocenters. The number of nitrogens with zero attached hydrogens (tertiary/aromatic N) is 2. The lowest BCUT2D eigenvalue weighted by atomic mass is 10.0. The summed E-state index contributed by atoms with van der Waals surface area (Å²) in [5.74, 6) is 0. The Kier molecular flexibility index (Phi) is 3.43. The van der Waals surface area contributed by atoms with Crippen LogP contribution in [0.5, 0.6) is 0 Å². The van der Waals surface area contributed by atoms with Crippen molar-refractivity contribution in [3.05, 3.63) is 54.9 Å². The second-order valence-corrected chi connectivity index (χ2v) is 4.33. The van der Waals surface area contributed by atoms with Crippen LogP contribution in [0.25, 0.3) is 11.8 Å². The summed E-state index contributed by atoms with van der Waals surface area (Å²) in [5, 5.41) is 0. The minimum Gasteiger partial charge on any atom is -0.370 e. The summed E-state index contributed by atoms with van der Waals surface area (Å²) in [6.07, 6.45) is 5.73. The molecule has 2 nitrogen and oxygen atoms in total. The van der Waals surface area contributed by atoms with Crippen molar-refractivity contribution >= 4 is 11.8 Å². The average molecular weight is 226 g/mol. The van der Waals surface area contributed by atoms with Crippen molar-refractivity contribution in [3.8, 4) is 0 Å². The first-order chi connectivity index (χ1) is 8.22. The van der Waals surface area contributed by atoms with E-state index in [-0.39, 0.29) is 0 Å². The van der Waals surface area contributed by atoms with E-state index < -0.39 is 0 Å². The molecule has 0 bridgehead atoms. The van der Waals surface area contributed by atoms with Crippen LogP contribution in [-0.2, 0) is 0 Å². The Hall–Kier alpha value is -1.83. The van der Waals surface area contributed by atoms with E-state index in [0.29, 0.717) is 0 Å². The second kappa shape index (κ2) is 5.00. The lowest BCUT2D eigenvalue weighted by Crippen LogP contribution is -2.29. The normalized spacial score (nSPS) is 15.8. The van der Waals surface area contributed by atoms with Crippen LogP contribution in [0.1, 0.15) is 24.1 Å². The summed E-state index contributed by atoms with van der Waals surface area (Å²) in [7, 11) is 0. The van der Waals surface area contributed by atoms with E-state index >= 15 is 0 Å². The maximum atomic E-state index is 4.41. The van der Waals surface area contributed by atoms with E-state index in [4.69, 9.17) is 0 Å². The predicted octanol–water partition coefficient (Wildman–Crippen LogP) is 3.35. The van der Waals surface area contributed by atoms with Gasteiger partial charge in [-0.2, -0.15) is 0 Å². The lowest BCUT2D eigenvalue weighted by Gasteiger charge is -2.31. The first-order valence-electron chi connectivity index (χ1n) is 5.90.